The van der Waals surface area contributed by atoms with E-state index in [2.05, 4.69) is 5.32 Å². The maximum atomic E-state index is 12.2. The van der Waals surface area contributed by atoms with Gasteiger partial charge in [0.25, 0.3) is 0 Å². The molecule has 1 N–H and O–H groups in total. The van der Waals surface area contributed by atoms with Crippen molar-refractivity contribution in [3.8, 4) is 0 Å². The molecule has 1 aliphatic heterocycles. The minimum Gasteiger partial charge on any atom is -0.341 e. The molecule has 2 fully saturated rings. The number of likely N-dealkylation sites (tertiary alicyclic amines) is 1. The van der Waals surface area contributed by atoms with Crippen LogP contribution in [0.15, 0.2) is 0 Å². The molecule has 18 heavy (non-hydrogen) atoms. The Bertz CT molecular complexity index is 404. The summed E-state index contributed by atoms with van der Waals surface area (Å²) >= 11 is 0. The molecule has 6 heteroatoms. The van der Waals surface area contributed by atoms with E-state index in [4.69, 9.17) is 0 Å². The summed E-state index contributed by atoms with van der Waals surface area (Å²) in [5.41, 5.74) is 0. The van der Waals surface area contributed by atoms with E-state index in [0.717, 1.165) is 19.4 Å². The lowest BCUT2D eigenvalue weighted by molar-refractivity contribution is -0.136. The SMILES string of the molecule is CS(=O)(=O)CCCN1CCCC(NC2CC2)C1=O. The number of sulfone groups is 1. The molecule has 2 rings (SSSR count). The normalized spacial score (nSPS) is 25.5. The van der Waals surface area contributed by atoms with Gasteiger partial charge in [-0.2, -0.15) is 0 Å². The second kappa shape index (κ2) is 5.57. The number of hydrogen-bond donors (Lipinski definition) is 1. The van der Waals surface area contributed by atoms with Crippen LogP contribution >= 0.6 is 0 Å². The zero-order valence-corrected chi connectivity index (χ0v) is 11.7. The topological polar surface area (TPSA) is 66.5 Å². The number of rotatable bonds is 6. The number of hydrogen-bond acceptors (Lipinski definition) is 4. The van der Waals surface area contributed by atoms with Crippen LogP contribution in [0.4, 0.5) is 0 Å². The van der Waals surface area contributed by atoms with Crippen LogP contribution in [-0.4, -0.2) is 56.4 Å². The molecule has 5 nitrogen and oxygen atoms in total. The molecular weight excluding hydrogens is 252 g/mol. The summed E-state index contributed by atoms with van der Waals surface area (Å²) in [7, 11) is -2.92. The fourth-order valence-corrected chi connectivity index (χ4v) is 3.02. The van der Waals surface area contributed by atoms with Crippen molar-refractivity contribution in [1.29, 1.82) is 0 Å². The Morgan fingerprint density at radius 1 is 1.33 bits per heavy atom. The largest absolute Gasteiger partial charge is 0.341 e. The molecule has 1 heterocycles. The van der Waals surface area contributed by atoms with Crippen LogP contribution in [0, 0.1) is 0 Å². The molecule has 0 aromatic rings. The summed E-state index contributed by atoms with van der Waals surface area (Å²) in [6, 6.07) is 0.499. The lowest BCUT2D eigenvalue weighted by atomic mass is 10.0. The highest BCUT2D eigenvalue weighted by Gasteiger charge is 2.33. The van der Waals surface area contributed by atoms with Crippen LogP contribution in [0.5, 0.6) is 0 Å². The van der Waals surface area contributed by atoms with Gasteiger partial charge < -0.3 is 10.2 Å². The van der Waals surface area contributed by atoms with Gasteiger partial charge in [-0.1, -0.05) is 0 Å². The van der Waals surface area contributed by atoms with Gasteiger partial charge in [-0.15, -0.1) is 0 Å². The predicted octanol–water partition coefficient (Wildman–Crippen LogP) is 0.164. The van der Waals surface area contributed by atoms with Crippen LogP contribution in [-0.2, 0) is 14.6 Å². The first kappa shape index (κ1) is 13.8. The fraction of sp³-hybridized carbons (Fsp3) is 0.917. The van der Waals surface area contributed by atoms with Gasteiger partial charge >= 0.3 is 0 Å². The number of nitrogens with one attached hydrogen (secondary N) is 1. The number of carbonyl (C=O) groups is 1. The van der Waals surface area contributed by atoms with Crippen LogP contribution in [0.25, 0.3) is 0 Å². The first-order valence-electron chi connectivity index (χ1n) is 6.68. The second-order valence-electron chi connectivity index (χ2n) is 5.44. The van der Waals surface area contributed by atoms with Gasteiger partial charge in [0.2, 0.25) is 5.91 Å². The van der Waals surface area contributed by atoms with E-state index in [-0.39, 0.29) is 17.7 Å². The third kappa shape index (κ3) is 4.24. The highest BCUT2D eigenvalue weighted by molar-refractivity contribution is 7.90. The van der Waals surface area contributed by atoms with E-state index in [9.17, 15) is 13.2 Å². The minimum atomic E-state index is -2.92. The summed E-state index contributed by atoms with van der Waals surface area (Å²) in [4.78, 5) is 14.0. The molecule has 0 bridgehead atoms. The smallest absolute Gasteiger partial charge is 0.239 e. The van der Waals surface area contributed by atoms with Crippen molar-refractivity contribution in [3.63, 3.8) is 0 Å². The zero-order chi connectivity index (χ0) is 13.2. The summed E-state index contributed by atoms with van der Waals surface area (Å²) in [5, 5.41) is 3.37. The molecule has 0 aromatic carbocycles. The molecule has 0 radical (unpaired) electrons. The Labute approximate surface area is 109 Å². The summed E-state index contributed by atoms with van der Waals surface area (Å²) in [6.07, 6.45) is 6.06. The monoisotopic (exact) mass is 274 g/mol. The van der Waals surface area contributed by atoms with E-state index in [0.29, 0.717) is 19.0 Å². The van der Waals surface area contributed by atoms with Crippen molar-refractivity contribution in [2.24, 2.45) is 0 Å². The predicted molar refractivity (Wildman–Crippen MR) is 70.1 cm³/mol. The Kier molecular flexibility index (Phi) is 4.27. The number of nitrogens with zero attached hydrogens (tertiary/aromatic N) is 1. The molecule has 1 unspecified atom stereocenters. The Balaban J connectivity index is 1.78. The minimum absolute atomic E-state index is 0.0375. The maximum absolute atomic E-state index is 12.2. The summed E-state index contributed by atoms with van der Waals surface area (Å²) < 4.78 is 22.1. The lowest BCUT2D eigenvalue weighted by Crippen LogP contribution is -2.51. The van der Waals surface area contributed by atoms with Gasteiger partial charge in [0.05, 0.1) is 11.8 Å². The van der Waals surface area contributed by atoms with Gasteiger partial charge in [0, 0.05) is 25.4 Å². The van der Waals surface area contributed by atoms with E-state index in [1.54, 1.807) is 0 Å². The fourth-order valence-electron chi connectivity index (χ4n) is 2.37. The Morgan fingerprint density at radius 2 is 2.06 bits per heavy atom. The van der Waals surface area contributed by atoms with Crippen molar-refractivity contribution < 1.29 is 13.2 Å². The lowest BCUT2D eigenvalue weighted by Gasteiger charge is -2.32. The number of carbonyl (C=O) groups excluding carboxylic acids is 1. The average Bonchev–Trinajstić information content (AvgIpc) is 3.06. The third-order valence-electron chi connectivity index (χ3n) is 3.49. The molecule has 1 amide bonds. The maximum Gasteiger partial charge on any atom is 0.239 e. The molecule has 0 aromatic heterocycles. The van der Waals surface area contributed by atoms with Gasteiger partial charge in [-0.3, -0.25) is 4.79 Å². The Hall–Kier alpha value is -0.620. The van der Waals surface area contributed by atoms with Crippen LogP contribution in [0.2, 0.25) is 0 Å². The van der Waals surface area contributed by atoms with Crippen molar-refractivity contribution in [3.05, 3.63) is 0 Å². The molecular formula is C12H22N2O3S. The van der Waals surface area contributed by atoms with Crippen molar-refractivity contribution in [1.82, 2.24) is 10.2 Å². The molecule has 104 valence electrons. The van der Waals surface area contributed by atoms with E-state index < -0.39 is 9.84 Å². The second-order valence-corrected chi connectivity index (χ2v) is 7.70. The van der Waals surface area contributed by atoms with Gasteiger partial charge in [0.15, 0.2) is 0 Å². The highest BCUT2D eigenvalue weighted by atomic mass is 32.2. The third-order valence-corrected chi connectivity index (χ3v) is 4.52. The van der Waals surface area contributed by atoms with E-state index in [1.165, 1.54) is 19.1 Å². The average molecular weight is 274 g/mol. The van der Waals surface area contributed by atoms with Crippen molar-refractivity contribution in [2.75, 3.05) is 25.1 Å². The first-order valence-corrected chi connectivity index (χ1v) is 8.74. The van der Waals surface area contributed by atoms with Crippen molar-refractivity contribution >= 4 is 15.7 Å². The summed E-state index contributed by atoms with van der Waals surface area (Å²) in [5.74, 6) is 0.318. The van der Waals surface area contributed by atoms with Crippen LogP contribution < -0.4 is 5.32 Å². The van der Waals surface area contributed by atoms with Crippen LogP contribution in [0.1, 0.15) is 32.1 Å². The van der Waals surface area contributed by atoms with E-state index >= 15 is 0 Å². The molecule has 1 atom stereocenters. The quantitative estimate of drug-likeness (QED) is 0.749. The molecule has 1 saturated carbocycles. The van der Waals surface area contributed by atoms with Crippen molar-refractivity contribution in [2.45, 2.75) is 44.2 Å². The van der Waals surface area contributed by atoms with E-state index in [1.807, 2.05) is 4.90 Å². The molecule has 2 aliphatic rings. The molecule has 0 spiro atoms. The Morgan fingerprint density at radius 3 is 2.67 bits per heavy atom. The van der Waals surface area contributed by atoms with Crippen LogP contribution in [0.3, 0.4) is 0 Å². The standard InChI is InChI=1S/C12H22N2O3S/c1-18(16,17)9-3-8-14-7-2-4-11(12(14)15)13-10-5-6-10/h10-11,13H,2-9H2,1H3. The van der Waals surface area contributed by atoms with Gasteiger partial charge in [-0.05, 0) is 32.1 Å². The molecule has 1 saturated heterocycles. The van der Waals surface area contributed by atoms with Gasteiger partial charge in [-0.25, -0.2) is 8.42 Å². The highest BCUT2D eigenvalue weighted by Crippen LogP contribution is 2.22. The number of piperidine rings is 1. The zero-order valence-electron chi connectivity index (χ0n) is 10.9. The first-order chi connectivity index (χ1) is 8.46. The number of amides is 1. The molecule has 1 aliphatic carbocycles. The van der Waals surface area contributed by atoms with Gasteiger partial charge in [0.1, 0.15) is 9.84 Å². The summed E-state index contributed by atoms with van der Waals surface area (Å²) in [6.45, 7) is 1.33.